The Morgan fingerprint density at radius 1 is 0.720 bits per heavy atom. The van der Waals surface area contributed by atoms with Crippen LogP contribution in [0.15, 0.2) is 0 Å². The van der Waals surface area contributed by atoms with Gasteiger partial charge in [-0.3, -0.25) is 28.6 Å². The van der Waals surface area contributed by atoms with Crippen molar-refractivity contribution in [2.45, 2.75) is 64.0 Å². The molecule has 19 heteroatoms. The van der Waals surface area contributed by atoms with E-state index in [0.717, 1.165) is 0 Å². The maximum absolute atomic E-state index is 13.4. The van der Waals surface area contributed by atoms with E-state index in [2.05, 4.69) is 21.3 Å². The maximum Gasteiger partial charge on any atom is 0.328 e. The zero-order valence-corrected chi connectivity index (χ0v) is 30.2. The van der Waals surface area contributed by atoms with Crippen molar-refractivity contribution in [1.29, 1.82) is 0 Å². The molecule has 2 atom stereocenters. The van der Waals surface area contributed by atoms with Crippen LogP contribution in [-0.4, -0.2) is 166 Å². The summed E-state index contributed by atoms with van der Waals surface area (Å²) in [6, 6.07) is -0.891. The molecule has 1 rings (SSSR count). The molecule has 1 aliphatic rings. The van der Waals surface area contributed by atoms with E-state index in [-0.39, 0.29) is 123 Å². The number of aliphatic hydroxyl groups excluding tert-OH is 3. The number of hydrogen-bond acceptors (Lipinski definition) is 13. The molecule has 0 spiro atoms. The van der Waals surface area contributed by atoms with Gasteiger partial charge in [0.25, 0.3) is 0 Å². The first-order valence-electron chi connectivity index (χ1n) is 17.5. The first-order chi connectivity index (χ1) is 24.1. The lowest BCUT2D eigenvalue weighted by Crippen LogP contribution is -2.54. The minimum absolute atomic E-state index is 0.0379. The Balaban J connectivity index is 2.82. The molecule has 4 amide bonds. The average molecular weight is 742 g/mol. The third kappa shape index (κ3) is 21.9. The fourth-order valence-electron chi connectivity index (χ4n) is 5.18. The molecule has 0 radical (unpaired) electrons. The van der Waals surface area contributed by atoms with Crippen LogP contribution in [0.4, 0.5) is 0 Å². The summed E-state index contributed by atoms with van der Waals surface area (Å²) in [4.78, 5) is 63.2. The van der Waals surface area contributed by atoms with E-state index >= 15 is 0 Å². The van der Waals surface area contributed by atoms with E-state index in [1.807, 2.05) is 0 Å². The van der Waals surface area contributed by atoms with Crippen LogP contribution in [0.3, 0.4) is 0 Å². The largest absolute Gasteiger partial charge is 0.394 e. The average Bonchev–Trinajstić information content (AvgIpc) is 3.09. The Bertz CT molecular complexity index is 976. The molecule has 18 nitrogen and oxygen atoms in total. The molecule has 0 aliphatic heterocycles. The van der Waals surface area contributed by atoms with Crippen molar-refractivity contribution in [2.75, 3.05) is 105 Å². The van der Waals surface area contributed by atoms with E-state index in [9.17, 15) is 28.6 Å². The number of amides is 4. The zero-order valence-electron chi connectivity index (χ0n) is 29.4. The lowest BCUT2D eigenvalue weighted by molar-refractivity contribution is -0.132. The van der Waals surface area contributed by atoms with Crippen LogP contribution >= 0.6 is 7.60 Å². The summed E-state index contributed by atoms with van der Waals surface area (Å²) in [5, 5.41) is 37.8. The van der Waals surface area contributed by atoms with Crippen LogP contribution in [0.2, 0.25) is 0 Å². The van der Waals surface area contributed by atoms with Crippen LogP contribution in [0, 0.1) is 5.92 Å². The van der Waals surface area contributed by atoms with Crippen molar-refractivity contribution in [3.05, 3.63) is 0 Å². The Kier molecular flexibility index (Phi) is 26.0. The summed E-state index contributed by atoms with van der Waals surface area (Å²) >= 11 is 0. The molecular weight excluding hydrogens is 681 g/mol. The van der Waals surface area contributed by atoms with Crippen LogP contribution in [0.25, 0.3) is 0 Å². The summed E-state index contributed by atoms with van der Waals surface area (Å²) in [6.07, 6.45) is 3.09. The van der Waals surface area contributed by atoms with Crippen molar-refractivity contribution in [1.82, 2.24) is 26.2 Å². The molecule has 292 valence electrons. The number of aliphatic hydroxyl groups is 3. The summed E-state index contributed by atoms with van der Waals surface area (Å²) in [5.41, 5.74) is 0. The third-order valence-corrected chi connectivity index (χ3v) is 9.22. The molecule has 50 heavy (non-hydrogen) atoms. The highest BCUT2D eigenvalue weighted by Gasteiger charge is 2.31. The molecule has 1 fully saturated rings. The normalized spacial score (nSPS) is 17.9. The number of unbranched alkanes of at least 4 members (excludes halogenated alkanes) is 1. The van der Waals surface area contributed by atoms with Gasteiger partial charge in [0, 0.05) is 38.3 Å². The van der Waals surface area contributed by atoms with Crippen LogP contribution in [0.5, 0.6) is 0 Å². The van der Waals surface area contributed by atoms with Gasteiger partial charge in [-0.15, -0.1) is 0 Å². The van der Waals surface area contributed by atoms with Gasteiger partial charge in [0.1, 0.15) is 0 Å². The fraction of sp³-hybridized carbons (Fsp3) is 0.871. The Labute approximate surface area is 294 Å². The maximum atomic E-state index is 13.4. The lowest BCUT2D eigenvalue weighted by Gasteiger charge is -2.30. The van der Waals surface area contributed by atoms with E-state index < -0.39 is 31.4 Å². The molecule has 1 saturated carbocycles. The zero-order chi connectivity index (χ0) is 37.0. The lowest BCUT2D eigenvalue weighted by atomic mass is 9.87. The molecule has 0 aromatic carbocycles. The fourth-order valence-corrected chi connectivity index (χ4v) is 6.01. The van der Waals surface area contributed by atoms with Gasteiger partial charge in [0.2, 0.25) is 23.6 Å². The van der Waals surface area contributed by atoms with Gasteiger partial charge in [-0.05, 0) is 44.9 Å². The van der Waals surface area contributed by atoms with Gasteiger partial charge < -0.3 is 60.2 Å². The predicted octanol–water partition coefficient (Wildman–Crippen LogP) is -1.90. The molecule has 8 N–H and O–H groups in total. The highest BCUT2D eigenvalue weighted by molar-refractivity contribution is 7.52. The number of carbonyl (C=O) groups excluding carboxylic acids is 4. The van der Waals surface area contributed by atoms with E-state index in [0.29, 0.717) is 45.1 Å². The second-order valence-corrected chi connectivity index (χ2v) is 13.9. The highest BCUT2D eigenvalue weighted by Crippen LogP contribution is 2.45. The summed E-state index contributed by atoms with van der Waals surface area (Å²) < 4.78 is 32.8. The number of carbonyl (C=O) groups is 4. The number of ether oxygens (including phenoxy) is 3. The first kappa shape index (κ1) is 45.8. The van der Waals surface area contributed by atoms with Crippen LogP contribution in [0.1, 0.15) is 51.9 Å². The van der Waals surface area contributed by atoms with E-state index in [1.54, 1.807) is 6.92 Å². The number of hydrogen-bond donors (Lipinski definition) is 8. The number of rotatable bonds is 30. The quantitative estimate of drug-likeness (QED) is 0.0296. The molecule has 2 unspecified atom stereocenters. The molecule has 0 bridgehead atoms. The summed E-state index contributed by atoms with van der Waals surface area (Å²) in [5.74, 6) is -1.63. The standard InChI is InChI=1S/C31H60N5O13P/c1-2-50(44,45)49-26-8-6-25(7-9-26)30(42)34-10-4-3-5-27(31(43)35-13-19-48-22-16-39)36(23-28(40)32-11-17-46-20-14-37)24-29(41)33-12-18-47-21-15-38/h25-27,37-39H,2-24H2,1H3,(H,32,40)(H,33,41)(H,34,42)(H,35,43)(H,44,45). The second-order valence-electron chi connectivity index (χ2n) is 11.7. The van der Waals surface area contributed by atoms with Crippen LogP contribution < -0.4 is 21.3 Å². The molecule has 0 heterocycles. The summed E-state index contributed by atoms with van der Waals surface area (Å²) in [7, 11) is -3.60. The predicted molar refractivity (Wildman–Crippen MR) is 182 cm³/mol. The minimum atomic E-state index is -3.60. The Morgan fingerprint density at radius 3 is 1.70 bits per heavy atom. The van der Waals surface area contributed by atoms with Crippen molar-refractivity contribution in [2.24, 2.45) is 5.92 Å². The van der Waals surface area contributed by atoms with Crippen molar-refractivity contribution >= 4 is 31.2 Å². The topological polar surface area (TPSA) is 255 Å². The molecule has 0 aromatic heterocycles. The second kappa shape index (κ2) is 28.3. The number of nitrogens with one attached hydrogen (secondary N) is 4. The molecular formula is C31H60N5O13P. The van der Waals surface area contributed by atoms with Crippen molar-refractivity contribution < 1.29 is 62.7 Å². The van der Waals surface area contributed by atoms with E-state index in [1.165, 1.54) is 4.90 Å². The number of nitrogens with zero attached hydrogens (tertiary/aromatic N) is 1. The molecule has 0 aromatic rings. The van der Waals surface area contributed by atoms with Gasteiger partial charge in [-0.25, -0.2) is 0 Å². The Hall–Kier alpha value is -2.25. The highest BCUT2D eigenvalue weighted by atomic mass is 31.2. The van der Waals surface area contributed by atoms with Crippen molar-refractivity contribution in [3.63, 3.8) is 0 Å². The minimum Gasteiger partial charge on any atom is -0.394 e. The van der Waals surface area contributed by atoms with Gasteiger partial charge in [0.15, 0.2) is 0 Å². The van der Waals surface area contributed by atoms with E-state index in [4.69, 9.17) is 34.1 Å². The molecule has 1 aliphatic carbocycles. The van der Waals surface area contributed by atoms with Crippen molar-refractivity contribution in [3.8, 4) is 0 Å². The first-order valence-corrected chi connectivity index (χ1v) is 19.2. The monoisotopic (exact) mass is 741 g/mol. The molecule has 0 saturated heterocycles. The smallest absolute Gasteiger partial charge is 0.328 e. The van der Waals surface area contributed by atoms with Gasteiger partial charge in [-0.2, -0.15) is 0 Å². The van der Waals surface area contributed by atoms with Gasteiger partial charge in [0.05, 0.1) is 84.7 Å². The summed E-state index contributed by atoms with van der Waals surface area (Å²) in [6.45, 7) is 2.23. The van der Waals surface area contributed by atoms with Crippen LogP contribution in [-0.2, 0) is 42.5 Å². The third-order valence-electron chi connectivity index (χ3n) is 7.79. The Morgan fingerprint density at radius 2 is 1.22 bits per heavy atom. The SMILES string of the molecule is CCP(=O)(O)OC1CCC(C(=O)NCCCCC(C(=O)NCCOCCO)N(CC(=O)NCCOCCO)CC(=O)NCCOCCO)CC1. The van der Waals surface area contributed by atoms with Gasteiger partial charge >= 0.3 is 7.60 Å². The van der Waals surface area contributed by atoms with Gasteiger partial charge in [-0.1, -0.05) is 6.92 Å².